The van der Waals surface area contributed by atoms with E-state index in [1.165, 1.54) is 0 Å². The smallest absolute Gasteiger partial charge is 0.355 e. The van der Waals surface area contributed by atoms with Crippen LogP contribution in [-0.2, 0) is 11.3 Å². The summed E-state index contributed by atoms with van der Waals surface area (Å²) in [6.45, 7) is 9.87. The monoisotopic (exact) mass is 440 g/mol. The number of carbonyl (C=O) groups excluding carboxylic acids is 3. The van der Waals surface area contributed by atoms with E-state index in [2.05, 4.69) is 0 Å². The Kier molecular flexibility index (Phi) is 7.06. The molecule has 1 atom stereocenters. The van der Waals surface area contributed by atoms with Crippen molar-refractivity contribution < 1.29 is 23.9 Å². The Bertz CT molecular complexity index is 1020. The Labute approximate surface area is 189 Å². The molecule has 2 aromatic rings. The molecular formula is C25H32N2O5. The van der Waals surface area contributed by atoms with Gasteiger partial charge in [0.2, 0.25) is 0 Å². The van der Waals surface area contributed by atoms with Gasteiger partial charge >= 0.3 is 5.97 Å². The van der Waals surface area contributed by atoms with Gasteiger partial charge in [-0.3, -0.25) is 9.59 Å². The van der Waals surface area contributed by atoms with Gasteiger partial charge in [-0.25, -0.2) is 4.79 Å². The number of rotatable bonds is 9. The molecule has 1 aliphatic carbocycles. The molecule has 1 saturated carbocycles. The maximum atomic E-state index is 13.7. The fourth-order valence-corrected chi connectivity index (χ4v) is 4.34. The standard InChI is InChI=1S/C25H32N2O5/c1-7-26-16(4)21(15(3)22(26)25(30)32-8-2)23(28)17(5)27(19-11-12-19)24(29)18-9-13-20(31-6)14-10-18/h9-10,13-14,17,19H,7-8,11-12H2,1-6H3. The summed E-state index contributed by atoms with van der Waals surface area (Å²) >= 11 is 0. The molecule has 0 aliphatic heterocycles. The van der Waals surface area contributed by atoms with Crippen LogP contribution in [0, 0.1) is 13.8 Å². The lowest BCUT2D eigenvalue weighted by atomic mass is 9.99. The Morgan fingerprint density at radius 1 is 1.12 bits per heavy atom. The Hall–Kier alpha value is -3.09. The minimum Gasteiger partial charge on any atom is -0.497 e. The molecule has 1 heterocycles. The molecule has 0 spiro atoms. The predicted octanol–water partition coefficient (Wildman–Crippen LogP) is 4.19. The van der Waals surface area contributed by atoms with Crippen LogP contribution in [0.15, 0.2) is 24.3 Å². The van der Waals surface area contributed by atoms with E-state index in [1.54, 1.807) is 57.0 Å². The number of benzene rings is 1. The summed E-state index contributed by atoms with van der Waals surface area (Å²) in [6.07, 6.45) is 1.75. The van der Waals surface area contributed by atoms with Crippen LogP contribution in [0.3, 0.4) is 0 Å². The predicted molar refractivity (Wildman–Crippen MR) is 122 cm³/mol. The van der Waals surface area contributed by atoms with Crippen LogP contribution in [0.5, 0.6) is 5.75 Å². The molecule has 7 heteroatoms. The summed E-state index contributed by atoms with van der Waals surface area (Å²) in [5.74, 6) is -0.101. The normalized spacial score (nSPS) is 14.1. The average Bonchev–Trinajstić information content (AvgIpc) is 3.58. The van der Waals surface area contributed by atoms with E-state index in [1.807, 2.05) is 18.4 Å². The average molecular weight is 441 g/mol. The first kappa shape index (κ1) is 23.6. The van der Waals surface area contributed by atoms with Gasteiger partial charge in [0.1, 0.15) is 11.4 Å². The van der Waals surface area contributed by atoms with Crippen molar-refractivity contribution in [2.75, 3.05) is 13.7 Å². The van der Waals surface area contributed by atoms with Crippen LogP contribution < -0.4 is 4.74 Å². The zero-order valence-electron chi connectivity index (χ0n) is 19.7. The van der Waals surface area contributed by atoms with Gasteiger partial charge in [0.15, 0.2) is 5.78 Å². The lowest BCUT2D eigenvalue weighted by molar-refractivity contribution is 0.0512. The van der Waals surface area contributed by atoms with Crippen molar-refractivity contribution in [3.05, 3.63) is 52.3 Å². The molecule has 0 radical (unpaired) electrons. The number of nitrogens with zero attached hydrogens (tertiary/aromatic N) is 2. The van der Waals surface area contributed by atoms with Gasteiger partial charge in [0, 0.05) is 29.4 Å². The van der Waals surface area contributed by atoms with E-state index < -0.39 is 12.0 Å². The van der Waals surface area contributed by atoms with Crippen LogP contribution in [0.25, 0.3) is 0 Å². The topological polar surface area (TPSA) is 77.8 Å². The SMILES string of the molecule is CCOC(=O)c1c(C)c(C(=O)C(C)N(C(=O)c2ccc(OC)cc2)C2CC2)c(C)n1CC. The maximum Gasteiger partial charge on any atom is 0.355 e. The summed E-state index contributed by atoms with van der Waals surface area (Å²) in [4.78, 5) is 41.3. The third-order valence-electron chi connectivity index (χ3n) is 6.11. The van der Waals surface area contributed by atoms with Crippen LogP contribution >= 0.6 is 0 Å². The van der Waals surface area contributed by atoms with E-state index in [4.69, 9.17) is 9.47 Å². The fraction of sp³-hybridized carbons (Fsp3) is 0.480. The first-order valence-electron chi connectivity index (χ1n) is 11.1. The number of methoxy groups -OCH3 is 1. The third kappa shape index (κ3) is 4.29. The lowest BCUT2D eigenvalue weighted by Crippen LogP contribution is -2.45. The highest BCUT2D eigenvalue weighted by atomic mass is 16.5. The van der Waals surface area contributed by atoms with Gasteiger partial charge < -0.3 is 18.9 Å². The van der Waals surface area contributed by atoms with E-state index >= 15 is 0 Å². The summed E-state index contributed by atoms with van der Waals surface area (Å²) in [5.41, 5.74) is 2.74. The molecule has 0 N–H and O–H groups in total. The van der Waals surface area contributed by atoms with Gasteiger partial charge in [-0.05, 0) is 77.3 Å². The van der Waals surface area contributed by atoms with E-state index in [-0.39, 0.29) is 24.3 Å². The molecule has 0 bridgehead atoms. The molecule has 1 amide bonds. The molecule has 0 saturated heterocycles. The fourth-order valence-electron chi connectivity index (χ4n) is 4.34. The number of ketones is 1. The molecule has 7 nitrogen and oxygen atoms in total. The number of Topliss-reactive ketones (excluding diaryl/α,β-unsaturated/α-hetero) is 1. The molecule has 172 valence electrons. The van der Waals surface area contributed by atoms with Crippen LogP contribution in [-0.4, -0.2) is 52.9 Å². The van der Waals surface area contributed by atoms with Crippen LogP contribution in [0.1, 0.15) is 76.1 Å². The second-order valence-corrected chi connectivity index (χ2v) is 8.11. The third-order valence-corrected chi connectivity index (χ3v) is 6.11. The quantitative estimate of drug-likeness (QED) is 0.432. The Morgan fingerprint density at radius 3 is 2.25 bits per heavy atom. The summed E-state index contributed by atoms with van der Waals surface area (Å²) in [7, 11) is 1.58. The number of hydrogen-bond donors (Lipinski definition) is 0. The molecule has 1 aromatic carbocycles. The van der Waals surface area contributed by atoms with E-state index in [0.29, 0.717) is 34.7 Å². The maximum absolute atomic E-state index is 13.7. The molecule has 1 aliphatic rings. The molecule has 32 heavy (non-hydrogen) atoms. The minimum atomic E-state index is -0.655. The highest BCUT2D eigenvalue weighted by molar-refractivity contribution is 6.07. The van der Waals surface area contributed by atoms with Gasteiger partial charge in [-0.15, -0.1) is 0 Å². The molecule has 1 unspecified atom stereocenters. The van der Waals surface area contributed by atoms with Gasteiger partial charge in [0.25, 0.3) is 5.91 Å². The van der Waals surface area contributed by atoms with Crippen LogP contribution in [0.2, 0.25) is 0 Å². The van der Waals surface area contributed by atoms with Crippen molar-refractivity contribution in [1.82, 2.24) is 9.47 Å². The largest absolute Gasteiger partial charge is 0.497 e. The minimum absolute atomic E-state index is 0.0435. The zero-order valence-corrected chi connectivity index (χ0v) is 19.7. The number of amides is 1. The van der Waals surface area contributed by atoms with Crippen molar-refractivity contribution in [3.8, 4) is 5.75 Å². The molecule has 1 aromatic heterocycles. The van der Waals surface area contributed by atoms with Gasteiger partial charge in [0.05, 0.1) is 19.8 Å². The zero-order chi connectivity index (χ0) is 23.6. The van der Waals surface area contributed by atoms with Gasteiger partial charge in [-0.1, -0.05) is 0 Å². The van der Waals surface area contributed by atoms with Crippen molar-refractivity contribution in [2.24, 2.45) is 0 Å². The van der Waals surface area contributed by atoms with Crippen molar-refractivity contribution in [2.45, 2.75) is 66.1 Å². The molecule has 1 fully saturated rings. The summed E-state index contributed by atoms with van der Waals surface area (Å²) in [5, 5.41) is 0. The number of hydrogen-bond acceptors (Lipinski definition) is 5. The highest BCUT2D eigenvalue weighted by Crippen LogP contribution is 2.33. The molecular weight excluding hydrogens is 408 g/mol. The Balaban J connectivity index is 1.96. The summed E-state index contributed by atoms with van der Waals surface area (Å²) < 4.78 is 12.2. The van der Waals surface area contributed by atoms with Crippen molar-refractivity contribution in [1.29, 1.82) is 0 Å². The lowest BCUT2D eigenvalue weighted by Gasteiger charge is -2.29. The number of esters is 1. The van der Waals surface area contributed by atoms with Gasteiger partial charge in [-0.2, -0.15) is 0 Å². The number of aromatic nitrogens is 1. The number of ether oxygens (including phenoxy) is 2. The van der Waals surface area contributed by atoms with Crippen molar-refractivity contribution >= 4 is 17.7 Å². The Morgan fingerprint density at radius 2 is 1.75 bits per heavy atom. The first-order chi connectivity index (χ1) is 15.3. The van der Waals surface area contributed by atoms with E-state index in [9.17, 15) is 14.4 Å². The first-order valence-corrected chi connectivity index (χ1v) is 11.1. The van der Waals surface area contributed by atoms with Crippen molar-refractivity contribution in [3.63, 3.8) is 0 Å². The second kappa shape index (κ2) is 9.59. The van der Waals surface area contributed by atoms with E-state index in [0.717, 1.165) is 18.5 Å². The highest BCUT2D eigenvalue weighted by Gasteiger charge is 2.40. The molecule has 3 rings (SSSR count). The number of carbonyl (C=O) groups is 3. The summed E-state index contributed by atoms with van der Waals surface area (Å²) in [6, 6.07) is 6.31. The van der Waals surface area contributed by atoms with Crippen LogP contribution in [0.4, 0.5) is 0 Å². The second-order valence-electron chi connectivity index (χ2n) is 8.11.